The molecule has 0 fully saturated rings. The van der Waals surface area contributed by atoms with Crippen LogP contribution in [0.3, 0.4) is 0 Å². The molecule has 2 heterocycles. The smallest absolute Gasteiger partial charge is 0.160 e. The Morgan fingerprint density at radius 1 is 0.362 bits per heavy atom. The molecule has 220 valence electrons. The number of para-hydroxylation sites is 2. The molecule has 0 N–H and O–H groups in total. The molecule has 9 aromatic rings. The lowest BCUT2D eigenvalue weighted by Gasteiger charge is -2.11. The maximum atomic E-state index is 6.32. The summed E-state index contributed by atoms with van der Waals surface area (Å²) < 4.78 is 6.32. The van der Waals surface area contributed by atoms with Crippen LogP contribution in [0.5, 0.6) is 0 Å². The van der Waals surface area contributed by atoms with E-state index in [9.17, 15) is 0 Å². The van der Waals surface area contributed by atoms with E-state index in [4.69, 9.17) is 14.4 Å². The quantitative estimate of drug-likeness (QED) is 0.197. The molecule has 47 heavy (non-hydrogen) atoms. The maximum absolute atomic E-state index is 6.32. The van der Waals surface area contributed by atoms with E-state index in [1.54, 1.807) is 0 Å². The van der Waals surface area contributed by atoms with Gasteiger partial charge in [-0.1, -0.05) is 158 Å². The molecule has 0 spiro atoms. The van der Waals surface area contributed by atoms with E-state index in [0.29, 0.717) is 5.82 Å². The van der Waals surface area contributed by atoms with Crippen molar-refractivity contribution in [3.05, 3.63) is 170 Å². The van der Waals surface area contributed by atoms with Crippen LogP contribution in [-0.2, 0) is 0 Å². The van der Waals surface area contributed by atoms with E-state index >= 15 is 0 Å². The second kappa shape index (κ2) is 11.2. The third kappa shape index (κ3) is 4.86. The highest BCUT2D eigenvalue weighted by Gasteiger charge is 2.14. The van der Waals surface area contributed by atoms with Crippen LogP contribution in [-0.4, -0.2) is 9.97 Å². The summed E-state index contributed by atoms with van der Waals surface area (Å²) in [6.45, 7) is 0. The van der Waals surface area contributed by atoms with Gasteiger partial charge in [-0.05, 0) is 39.6 Å². The summed E-state index contributed by atoms with van der Waals surface area (Å²) in [7, 11) is 0. The Kier molecular flexibility index (Phi) is 6.46. The van der Waals surface area contributed by atoms with Crippen molar-refractivity contribution in [2.45, 2.75) is 0 Å². The van der Waals surface area contributed by atoms with Gasteiger partial charge in [0.05, 0.1) is 11.4 Å². The van der Waals surface area contributed by atoms with Crippen molar-refractivity contribution >= 4 is 32.7 Å². The number of hydrogen-bond acceptors (Lipinski definition) is 3. The number of nitrogens with zero attached hydrogens (tertiary/aromatic N) is 2. The van der Waals surface area contributed by atoms with Crippen LogP contribution in [0.1, 0.15) is 0 Å². The molecule has 0 aliphatic rings. The van der Waals surface area contributed by atoms with Gasteiger partial charge in [-0.15, -0.1) is 0 Å². The van der Waals surface area contributed by atoms with Gasteiger partial charge in [0, 0.05) is 33.0 Å². The SMILES string of the molecule is c1ccc(-c2nc(-c3ccc(-c4cccc5ccccc45)cc3)cc(-c3ccc(-c4cccc5c4oc4ccccc45)cc3)n2)cc1. The number of aromatic nitrogens is 2. The maximum Gasteiger partial charge on any atom is 0.160 e. The number of furan rings is 1. The Morgan fingerprint density at radius 2 is 0.894 bits per heavy atom. The molecule has 0 unspecified atom stereocenters. The molecule has 0 atom stereocenters. The van der Waals surface area contributed by atoms with Gasteiger partial charge < -0.3 is 4.42 Å². The zero-order valence-electron chi connectivity index (χ0n) is 25.5. The Balaban J connectivity index is 1.11. The fourth-order valence-electron chi connectivity index (χ4n) is 6.55. The van der Waals surface area contributed by atoms with Crippen LogP contribution in [0.15, 0.2) is 174 Å². The topological polar surface area (TPSA) is 38.9 Å². The highest BCUT2D eigenvalue weighted by atomic mass is 16.3. The molecule has 0 saturated carbocycles. The average molecular weight is 601 g/mol. The molecule has 7 aromatic carbocycles. The molecule has 3 nitrogen and oxygen atoms in total. The zero-order chi connectivity index (χ0) is 31.2. The summed E-state index contributed by atoms with van der Waals surface area (Å²) in [6.07, 6.45) is 0. The van der Waals surface area contributed by atoms with Crippen LogP contribution < -0.4 is 0 Å². The summed E-state index contributed by atoms with van der Waals surface area (Å²) in [4.78, 5) is 10.1. The minimum absolute atomic E-state index is 0.701. The first-order chi connectivity index (χ1) is 23.3. The second-order valence-corrected chi connectivity index (χ2v) is 11.8. The van der Waals surface area contributed by atoms with Crippen LogP contribution >= 0.6 is 0 Å². The first kappa shape index (κ1) is 27.0. The van der Waals surface area contributed by atoms with Crippen LogP contribution in [0, 0.1) is 0 Å². The highest BCUT2D eigenvalue weighted by molar-refractivity contribution is 6.09. The van der Waals surface area contributed by atoms with E-state index in [-0.39, 0.29) is 0 Å². The fraction of sp³-hybridized carbons (Fsp3) is 0. The second-order valence-electron chi connectivity index (χ2n) is 11.8. The van der Waals surface area contributed by atoms with Crippen molar-refractivity contribution in [2.24, 2.45) is 0 Å². The van der Waals surface area contributed by atoms with E-state index in [1.165, 1.54) is 21.9 Å². The van der Waals surface area contributed by atoms with Crippen molar-refractivity contribution in [2.75, 3.05) is 0 Å². The number of fused-ring (bicyclic) bond motifs is 4. The summed E-state index contributed by atoms with van der Waals surface area (Å²) in [5.41, 5.74) is 11.2. The first-order valence-electron chi connectivity index (χ1n) is 15.8. The molecule has 3 heteroatoms. The van der Waals surface area contributed by atoms with Crippen molar-refractivity contribution in [3.8, 4) is 56.2 Å². The van der Waals surface area contributed by atoms with Crippen molar-refractivity contribution in [1.82, 2.24) is 9.97 Å². The summed E-state index contributed by atoms with van der Waals surface area (Å²) in [5, 5.41) is 4.75. The lowest BCUT2D eigenvalue weighted by Crippen LogP contribution is -1.96. The van der Waals surface area contributed by atoms with Crippen LogP contribution in [0.2, 0.25) is 0 Å². The summed E-state index contributed by atoms with van der Waals surface area (Å²) in [6, 6.07) is 59.1. The molecule has 0 bridgehead atoms. The van der Waals surface area contributed by atoms with Crippen molar-refractivity contribution < 1.29 is 4.42 Å². The van der Waals surface area contributed by atoms with Gasteiger partial charge in [-0.3, -0.25) is 0 Å². The van der Waals surface area contributed by atoms with Gasteiger partial charge in [0.1, 0.15) is 11.2 Å². The minimum atomic E-state index is 0.701. The first-order valence-corrected chi connectivity index (χ1v) is 15.8. The normalized spacial score (nSPS) is 11.4. The third-order valence-electron chi connectivity index (χ3n) is 8.94. The molecule has 0 radical (unpaired) electrons. The predicted octanol–water partition coefficient (Wildman–Crippen LogP) is 11.9. The standard InChI is InChI=1S/C44H28N2O/c1-2-11-34(12-3-1)44-45-40(32-24-20-30(21-25-32)36-16-8-13-29-10-4-5-14-35(29)36)28-41(46-44)33-26-22-31(23-27-33)37-17-9-18-39-38-15-6-7-19-42(38)47-43(37)39/h1-28H. The Labute approximate surface area is 272 Å². The fourth-order valence-corrected chi connectivity index (χ4v) is 6.55. The third-order valence-corrected chi connectivity index (χ3v) is 8.94. The lowest BCUT2D eigenvalue weighted by molar-refractivity contribution is 0.670. The van der Waals surface area contributed by atoms with Gasteiger partial charge in [-0.25, -0.2) is 9.97 Å². The monoisotopic (exact) mass is 600 g/mol. The Hall–Kier alpha value is -6.32. The van der Waals surface area contributed by atoms with Gasteiger partial charge in [-0.2, -0.15) is 0 Å². The minimum Gasteiger partial charge on any atom is -0.455 e. The largest absolute Gasteiger partial charge is 0.455 e. The summed E-state index contributed by atoms with van der Waals surface area (Å²) in [5.74, 6) is 0.701. The molecule has 2 aromatic heterocycles. The van der Waals surface area contributed by atoms with Gasteiger partial charge in [0.2, 0.25) is 0 Å². The molecule has 9 rings (SSSR count). The highest BCUT2D eigenvalue weighted by Crippen LogP contribution is 2.37. The molecular weight excluding hydrogens is 572 g/mol. The van der Waals surface area contributed by atoms with Crippen LogP contribution in [0.25, 0.3) is 88.9 Å². The molecule has 0 aliphatic carbocycles. The number of benzene rings is 7. The van der Waals surface area contributed by atoms with Crippen LogP contribution in [0.4, 0.5) is 0 Å². The number of rotatable bonds is 5. The van der Waals surface area contributed by atoms with E-state index < -0.39 is 0 Å². The number of hydrogen-bond donors (Lipinski definition) is 0. The van der Waals surface area contributed by atoms with Gasteiger partial charge >= 0.3 is 0 Å². The van der Waals surface area contributed by atoms with E-state index in [0.717, 1.165) is 61.1 Å². The molecule has 0 aliphatic heterocycles. The molecular formula is C44H28N2O. The average Bonchev–Trinajstić information content (AvgIpc) is 3.54. The van der Waals surface area contributed by atoms with Gasteiger partial charge in [0.15, 0.2) is 5.82 Å². The van der Waals surface area contributed by atoms with E-state index in [2.05, 4.69) is 140 Å². The summed E-state index contributed by atoms with van der Waals surface area (Å²) >= 11 is 0. The van der Waals surface area contributed by atoms with Gasteiger partial charge in [0.25, 0.3) is 0 Å². The Morgan fingerprint density at radius 3 is 1.64 bits per heavy atom. The molecule has 0 amide bonds. The predicted molar refractivity (Wildman–Crippen MR) is 194 cm³/mol. The zero-order valence-corrected chi connectivity index (χ0v) is 25.5. The van der Waals surface area contributed by atoms with Crippen molar-refractivity contribution in [1.29, 1.82) is 0 Å². The van der Waals surface area contributed by atoms with E-state index in [1.807, 2.05) is 30.3 Å². The lowest BCUT2D eigenvalue weighted by atomic mass is 9.96. The molecule has 0 saturated heterocycles. The Bertz CT molecular complexity index is 2540. The van der Waals surface area contributed by atoms with Crippen molar-refractivity contribution in [3.63, 3.8) is 0 Å².